The van der Waals surface area contributed by atoms with Crippen LogP contribution in [0.25, 0.3) is 0 Å². The maximum absolute atomic E-state index is 13.1. The van der Waals surface area contributed by atoms with Crippen molar-refractivity contribution in [3.05, 3.63) is 78.3 Å². The molecule has 0 spiro atoms. The normalized spacial score (nSPS) is 18.6. The number of halogens is 6. The molecule has 1 fully saturated rings. The fourth-order valence-electron chi connectivity index (χ4n) is 4.20. The van der Waals surface area contributed by atoms with Crippen LogP contribution in [0.2, 0.25) is 0 Å². The minimum atomic E-state index is -5.08. The van der Waals surface area contributed by atoms with Gasteiger partial charge in [0.1, 0.15) is 11.5 Å². The molecule has 1 saturated heterocycles. The Hall–Kier alpha value is -4.34. The zero-order valence-corrected chi connectivity index (χ0v) is 20.3. The van der Waals surface area contributed by atoms with Crippen LogP contribution < -0.4 is 0 Å². The number of furan rings is 1. The first-order valence-electron chi connectivity index (χ1n) is 11.4. The largest absolute Gasteiger partial charge is 0.490 e. The number of carbonyl (C=O) groups is 3. The number of nitrogens with zero attached hydrogens (tertiary/aromatic N) is 4. The third kappa shape index (κ3) is 7.62. The van der Waals surface area contributed by atoms with E-state index in [0.717, 1.165) is 36.8 Å². The summed E-state index contributed by atoms with van der Waals surface area (Å²) in [6.07, 6.45) is -4.65. The Morgan fingerprint density at radius 3 is 2.05 bits per heavy atom. The van der Waals surface area contributed by atoms with Crippen molar-refractivity contribution < 1.29 is 55.4 Å². The minimum Gasteiger partial charge on any atom is -0.475 e. The molecule has 0 radical (unpaired) electrons. The number of hydrogen-bond donors (Lipinski definition) is 2. The van der Waals surface area contributed by atoms with Crippen molar-refractivity contribution in [3.8, 4) is 0 Å². The molecule has 3 aromatic heterocycles. The Bertz CT molecular complexity index is 1270. The molecule has 2 N–H and O–H groups in total. The number of pyridine rings is 1. The van der Waals surface area contributed by atoms with E-state index < -0.39 is 24.3 Å². The molecule has 2 aliphatic rings. The third-order valence-electron chi connectivity index (χ3n) is 5.85. The Morgan fingerprint density at radius 1 is 0.900 bits per heavy atom. The molecule has 2 atom stereocenters. The topological polar surface area (TPSA) is 129 Å². The van der Waals surface area contributed by atoms with Crippen LogP contribution >= 0.6 is 0 Å². The summed E-state index contributed by atoms with van der Waals surface area (Å²) >= 11 is 0. The fourth-order valence-corrected chi connectivity index (χ4v) is 4.20. The number of hydrogen-bond acceptors (Lipinski definition) is 6. The van der Waals surface area contributed by atoms with Gasteiger partial charge in [0.05, 0.1) is 37.1 Å². The molecule has 3 aromatic rings. The van der Waals surface area contributed by atoms with Gasteiger partial charge in [-0.2, -0.15) is 26.3 Å². The maximum Gasteiger partial charge on any atom is 0.490 e. The highest BCUT2D eigenvalue weighted by Crippen LogP contribution is 2.35. The van der Waals surface area contributed by atoms with Gasteiger partial charge in [0.15, 0.2) is 0 Å². The van der Waals surface area contributed by atoms with E-state index in [0.29, 0.717) is 6.54 Å². The van der Waals surface area contributed by atoms with Gasteiger partial charge < -0.3 is 24.1 Å². The molecule has 0 aromatic carbocycles. The minimum absolute atomic E-state index is 0.0850. The molecule has 5 rings (SSSR count). The highest BCUT2D eigenvalue weighted by atomic mass is 19.4. The lowest BCUT2D eigenvalue weighted by atomic mass is 10.1. The van der Waals surface area contributed by atoms with E-state index >= 15 is 0 Å². The van der Waals surface area contributed by atoms with E-state index in [1.54, 1.807) is 12.5 Å². The van der Waals surface area contributed by atoms with Crippen molar-refractivity contribution in [2.24, 2.45) is 0 Å². The van der Waals surface area contributed by atoms with E-state index in [9.17, 15) is 31.1 Å². The number of likely N-dealkylation sites (tertiary alicyclic amines) is 1. The van der Waals surface area contributed by atoms with Crippen LogP contribution in [-0.4, -0.2) is 78.9 Å². The number of aliphatic carboxylic acids is 2. The molecule has 216 valence electrons. The predicted molar refractivity (Wildman–Crippen MR) is 123 cm³/mol. The van der Waals surface area contributed by atoms with Crippen LogP contribution in [0.15, 0.2) is 65.5 Å². The molecule has 40 heavy (non-hydrogen) atoms. The van der Waals surface area contributed by atoms with E-state index in [-0.39, 0.29) is 18.0 Å². The van der Waals surface area contributed by atoms with Gasteiger partial charge in [-0.3, -0.25) is 14.7 Å². The highest BCUT2D eigenvalue weighted by molar-refractivity contribution is 5.94. The Balaban J connectivity index is 0.000000263. The fraction of sp³-hybridized carbons (Fsp3) is 0.333. The summed E-state index contributed by atoms with van der Waals surface area (Å²) in [6.45, 7) is 3.05. The second-order valence-electron chi connectivity index (χ2n) is 8.57. The average Bonchev–Trinajstić information content (AvgIpc) is 3.63. The van der Waals surface area contributed by atoms with E-state index in [1.807, 2.05) is 53.6 Å². The summed E-state index contributed by atoms with van der Waals surface area (Å²) in [5.41, 5.74) is 1.69. The van der Waals surface area contributed by atoms with Crippen LogP contribution in [0, 0.1) is 0 Å². The molecule has 0 unspecified atom stereocenters. The summed E-state index contributed by atoms with van der Waals surface area (Å²) in [7, 11) is 0. The van der Waals surface area contributed by atoms with Gasteiger partial charge in [0.2, 0.25) is 0 Å². The second kappa shape index (κ2) is 12.2. The molecule has 10 nitrogen and oxygen atoms in total. The molecule has 2 aliphatic heterocycles. The standard InChI is InChI=1S/C20H20N4O2.2C2HF3O2/c25-20-17-7-3-9-23(17)18-13-22(12-16-6-4-10-26-16)14-19(18)24(20)11-15-5-1-2-8-21-15;2*3-2(4,5)1(6)7/h1-10,18-19H,11-14H2;2*(H,6,7)/t18-,19+;;/m0../s1. The van der Waals surface area contributed by atoms with Crippen LogP contribution in [0.4, 0.5) is 26.3 Å². The number of carboxylic acids is 2. The van der Waals surface area contributed by atoms with Gasteiger partial charge in [-0.05, 0) is 36.4 Å². The van der Waals surface area contributed by atoms with Gasteiger partial charge >= 0.3 is 24.3 Å². The molecule has 0 bridgehead atoms. The van der Waals surface area contributed by atoms with Crippen LogP contribution in [-0.2, 0) is 22.7 Å². The van der Waals surface area contributed by atoms with Crippen LogP contribution in [0.5, 0.6) is 0 Å². The Labute approximate surface area is 222 Å². The van der Waals surface area contributed by atoms with Crippen molar-refractivity contribution in [3.63, 3.8) is 0 Å². The van der Waals surface area contributed by atoms with Gasteiger partial charge in [-0.25, -0.2) is 9.59 Å². The van der Waals surface area contributed by atoms with E-state index in [4.69, 9.17) is 24.2 Å². The zero-order valence-electron chi connectivity index (χ0n) is 20.3. The van der Waals surface area contributed by atoms with Gasteiger partial charge in [0, 0.05) is 25.5 Å². The maximum atomic E-state index is 13.1. The van der Waals surface area contributed by atoms with E-state index in [2.05, 4.69) is 14.5 Å². The predicted octanol–water partition coefficient (Wildman–Crippen LogP) is 3.82. The molecule has 0 aliphatic carbocycles. The molecule has 0 saturated carbocycles. The zero-order chi connectivity index (χ0) is 29.7. The van der Waals surface area contributed by atoms with Crippen molar-refractivity contribution in [2.45, 2.75) is 37.5 Å². The lowest BCUT2D eigenvalue weighted by Gasteiger charge is -2.38. The van der Waals surface area contributed by atoms with E-state index in [1.165, 1.54) is 0 Å². The number of fused-ring (bicyclic) bond motifs is 3. The lowest BCUT2D eigenvalue weighted by molar-refractivity contribution is -0.193. The quantitative estimate of drug-likeness (QED) is 0.449. The smallest absolute Gasteiger partial charge is 0.475 e. The Morgan fingerprint density at radius 2 is 1.52 bits per heavy atom. The van der Waals surface area contributed by atoms with Gasteiger partial charge in [-0.15, -0.1) is 0 Å². The number of aromatic nitrogens is 2. The lowest BCUT2D eigenvalue weighted by Crippen LogP contribution is -2.49. The van der Waals surface area contributed by atoms with Gasteiger partial charge in [-0.1, -0.05) is 6.07 Å². The SMILES string of the molecule is O=C(O)C(F)(F)F.O=C(O)C(F)(F)F.O=C1c2cccn2[C@H]2CN(Cc3ccco3)C[C@H]2N1Cc1ccccn1. The van der Waals surface area contributed by atoms with Crippen molar-refractivity contribution in [1.29, 1.82) is 0 Å². The second-order valence-corrected chi connectivity index (χ2v) is 8.57. The number of alkyl halides is 6. The Kier molecular flexibility index (Phi) is 9.24. The summed E-state index contributed by atoms with van der Waals surface area (Å²) in [4.78, 5) is 39.6. The summed E-state index contributed by atoms with van der Waals surface area (Å²) in [6, 6.07) is 14.0. The molecule has 5 heterocycles. The number of rotatable bonds is 4. The number of amides is 1. The highest BCUT2D eigenvalue weighted by Gasteiger charge is 2.45. The number of carboxylic acid groups (broad SMARTS) is 2. The van der Waals surface area contributed by atoms with Gasteiger partial charge in [0.25, 0.3) is 5.91 Å². The summed E-state index contributed by atoms with van der Waals surface area (Å²) in [5.74, 6) is -4.47. The van der Waals surface area contributed by atoms with Crippen molar-refractivity contribution in [2.75, 3.05) is 13.1 Å². The molecular weight excluding hydrogens is 554 g/mol. The van der Waals surface area contributed by atoms with Crippen molar-refractivity contribution >= 4 is 17.8 Å². The monoisotopic (exact) mass is 576 g/mol. The molecule has 16 heteroatoms. The third-order valence-corrected chi connectivity index (χ3v) is 5.85. The van der Waals surface area contributed by atoms with Crippen LogP contribution in [0.3, 0.4) is 0 Å². The number of carbonyl (C=O) groups excluding carboxylic acids is 1. The molecule has 1 amide bonds. The first-order chi connectivity index (χ1) is 18.7. The molecular formula is C24H22F6N4O6. The van der Waals surface area contributed by atoms with Crippen molar-refractivity contribution in [1.82, 2.24) is 19.4 Å². The summed E-state index contributed by atoms with van der Waals surface area (Å²) in [5, 5.41) is 14.2. The first-order valence-corrected chi connectivity index (χ1v) is 11.4. The first kappa shape index (κ1) is 30.2. The van der Waals surface area contributed by atoms with Crippen LogP contribution in [0.1, 0.15) is 28.0 Å². The average molecular weight is 576 g/mol. The summed E-state index contributed by atoms with van der Waals surface area (Å²) < 4.78 is 71.1.